The Balaban J connectivity index is 1.43. The van der Waals surface area contributed by atoms with Crippen LogP contribution < -0.4 is 5.32 Å². The zero-order valence-corrected chi connectivity index (χ0v) is 15.5. The van der Waals surface area contributed by atoms with Gasteiger partial charge in [0.1, 0.15) is 0 Å². The van der Waals surface area contributed by atoms with Crippen molar-refractivity contribution in [1.82, 2.24) is 20.4 Å². The summed E-state index contributed by atoms with van der Waals surface area (Å²) in [6.07, 6.45) is 6.59. The molecular weight excluding hydrogens is 324 g/mol. The van der Waals surface area contributed by atoms with Gasteiger partial charge in [-0.15, -0.1) is 0 Å². The third kappa shape index (κ3) is 3.54. The summed E-state index contributed by atoms with van der Waals surface area (Å²) in [7, 11) is 0. The standard InChI is InChI=1S/C21H28N4O/c1-15(21(26)22-17-9-5-6-10-17)25-13-11-18-19(12-14-25)23-24-20(18)16-7-3-2-4-8-16/h2-4,7-8,15,17H,5-6,9-14H2,1H3,(H,22,26)(H,23,24). The fourth-order valence-corrected chi connectivity index (χ4v) is 4.28. The van der Waals surface area contributed by atoms with Crippen LogP contribution in [0.5, 0.6) is 0 Å². The van der Waals surface area contributed by atoms with Crippen LogP contribution in [-0.2, 0) is 17.6 Å². The molecule has 1 fully saturated rings. The fraction of sp³-hybridized carbons (Fsp3) is 0.524. The van der Waals surface area contributed by atoms with Crippen molar-refractivity contribution >= 4 is 5.91 Å². The van der Waals surface area contributed by atoms with Crippen molar-refractivity contribution < 1.29 is 4.79 Å². The van der Waals surface area contributed by atoms with Crippen molar-refractivity contribution in [1.29, 1.82) is 0 Å². The van der Waals surface area contributed by atoms with Gasteiger partial charge in [0, 0.05) is 42.4 Å². The highest BCUT2D eigenvalue weighted by molar-refractivity contribution is 5.81. The minimum atomic E-state index is -0.0762. The van der Waals surface area contributed by atoms with Gasteiger partial charge >= 0.3 is 0 Å². The molecule has 1 aromatic carbocycles. The number of H-pyrrole nitrogens is 1. The molecule has 2 aliphatic rings. The van der Waals surface area contributed by atoms with E-state index in [-0.39, 0.29) is 11.9 Å². The third-order valence-corrected chi connectivity index (χ3v) is 5.93. The van der Waals surface area contributed by atoms with E-state index in [1.54, 1.807) is 0 Å². The van der Waals surface area contributed by atoms with Crippen LogP contribution >= 0.6 is 0 Å². The number of carbonyl (C=O) groups is 1. The van der Waals surface area contributed by atoms with Gasteiger partial charge in [-0.2, -0.15) is 5.10 Å². The van der Waals surface area contributed by atoms with Crippen molar-refractivity contribution in [3.8, 4) is 11.3 Å². The highest BCUT2D eigenvalue weighted by Gasteiger charge is 2.28. The molecule has 0 radical (unpaired) electrons. The van der Waals surface area contributed by atoms with Crippen molar-refractivity contribution in [3.63, 3.8) is 0 Å². The lowest BCUT2D eigenvalue weighted by Crippen LogP contribution is -2.48. The average molecular weight is 352 g/mol. The minimum absolute atomic E-state index is 0.0762. The van der Waals surface area contributed by atoms with E-state index in [4.69, 9.17) is 0 Å². The molecule has 26 heavy (non-hydrogen) atoms. The van der Waals surface area contributed by atoms with Crippen molar-refractivity contribution in [2.45, 2.75) is 57.5 Å². The van der Waals surface area contributed by atoms with E-state index < -0.39 is 0 Å². The fourth-order valence-electron chi connectivity index (χ4n) is 4.28. The Hall–Kier alpha value is -2.14. The largest absolute Gasteiger partial charge is 0.352 e. The minimum Gasteiger partial charge on any atom is -0.352 e. The third-order valence-electron chi connectivity index (χ3n) is 5.93. The lowest BCUT2D eigenvalue weighted by atomic mass is 10.0. The molecule has 2 aromatic rings. The van der Waals surface area contributed by atoms with Crippen LogP contribution in [-0.4, -0.2) is 46.2 Å². The molecule has 4 rings (SSSR count). The van der Waals surface area contributed by atoms with Crippen LogP contribution in [0.2, 0.25) is 0 Å². The first kappa shape index (κ1) is 17.3. The molecule has 5 nitrogen and oxygen atoms in total. The summed E-state index contributed by atoms with van der Waals surface area (Å²) >= 11 is 0. The molecule has 2 heterocycles. The van der Waals surface area contributed by atoms with Gasteiger partial charge in [0.2, 0.25) is 5.91 Å². The summed E-state index contributed by atoms with van der Waals surface area (Å²) in [4.78, 5) is 14.9. The number of rotatable bonds is 4. The van der Waals surface area contributed by atoms with E-state index in [0.29, 0.717) is 6.04 Å². The topological polar surface area (TPSA) is 61.0 Å². The number of hydrogen-bond donors (Lipinski definition) is 2. The average Bonchev–Trinajstić information content (AvgIpc) is 3.27. The molecule has 1 saturated carbocycles. The smallest absolute Gasteiger partial charge is 0.237 e. The number of amides is 1. The van der Waals surface area contributed by atoms with E-state index in [2.05, 4.69) is 44.7 Å². The molecule has 0 saturated heterocycles. The molecule has 0 bridgehead atoms. The maximum atomic E-state index is 12.6. The van der Waals surface area contributed by atoms with Crippen molar-refractivity contribution in [3.05, 3.63) is 41.6 Å². The quantitative estimate of drug-likeness (QED) is 0.889. The van der Waals surface area contributed by atoms with Gasteiger partial charge < -0.3 is 5.32 Å². The molecule has 1 atom stereocenters. The summed E-state index contributed by atoms with van der Waals surface area (Å²) in [5, 5.41) is 11.0. The van der Waals surface area contributed by atoms with Crippen LogP contribution in [0.25, 0.3) is 11.3 Å². The second-order valence-corrected chi connectivity index (χ2v) is 7.60. The number of hydrogen-bond acceptors (Lipinski definition) is 3. The second kappa shape index (κ2) is 7.62. The summed E-state index contributed by atoms with van der Waals surface area (Å²) in [5.41, 5.74) is 4.74. The first-order valence-electron chi connectivity index (χ1n) is 9.88. The molecule has 1 unspecified atom stereocenters. The van der Waals surface area contributed by atoms with E-state index in [1.165, 1.54) is 24.1 Å². The zero-order valence-electron chi connectivity index (χ0n) is 15.5. The first-order chi connectivity index (χ1) is 12.7. The van der Waals surface area contributed by atoms with Crippen LogP contribution in [0.15, 0.2) is 30.3 Å². The van der Waals surface area contributed by atoms with Gasteiger partial charge in [0.05, 0.1) is 11.7 Å². The molecule has 0 spiro atoms. The van der Waals surface area contributed by atoms with Gasteiger partial charge in [-0.05, 0) is 26.2 Å². The van der Waals surface area contributed by atoms with E-state index in [9.17, 15) is 4.79 Å². The summed E-state index contributed by atoms with van der Waals surface area (Å²) in [6, 6.07) is 10.7. The Morgan fingerprint density at radius 2 is 1.92 bits per heavy atom. The predicted molar refractivity (Wildman–Crippen MR) is 103 cm³/mol. The highest BCUT2D eigenvalue weighted by Crippen LogP contribution is 2.27. The second-order valence-electron chi connectivity index (χ2n) is 7.60. The van der Waals surface area contributed by atoms with Gasteiger partial charge in [-0.1, -0.05) is 43.2 Å². The van der Waals surface area contributed by atoms with E-state index in [0.717, 1.165) is 50.0 Å². The predicted octanol–water partition coefficient (Wildman–Crippen LogP) is 2.92. The summed E-state index contributed by atoms with van der Waals surface area (Å²) in [5.74, 6) is 0.184. The van der Waals surface area contributed by atoms with Crippen LogP contribution in [0.1, 0.15) is 43.9 Å². The van der Waals surface area contributed by atoms with Crippen LogP contribution in [0.4, 0.5) is 0 Å². The van der Waals surface area contributed by atoms with Gasteiger partial charge in [-0.25, -0.2) is 0 Å². The molecular formula is C21H28N4O. The molecule has 5 heteroatoms. The number of aromatic amines is 1. The van der Waals surface area contributed by atoms with Crippen LogP contribution in [0, 0.1) is 0 Å². The number of nitrogens with zero attached hydrogens (tertiary/aromatic N) is 2. The van der Waals surface area contributed by atoms with Crippen molar-refractivity contribution in [2.24, 2.45) is 0 Å². The van der Waals surface area contributed by atoms with Crippen molar-refractivity contribution in [2.75, 3.05) is 13.1 Å². The van der Waals surface area contributed by atoms with Gasteiger partial charge in [0.25, 0.3) is 0 Å². The maximum Gasteiger partial charge on any atom is 0.237 e. The molecule has 138 valence electrons. The number of fused-ring (bicyclic) bond motifs is 1. The number of benzene rings is 1. The Bertz CT molecular complexity index is 749. The first-order valence-corrected chi connectivity index (χ1v) is 9.88. The Morgan fingerprint density at radius 1 is 1.19 bits per heavy atom. The van der Waals surface area contributed by atoms with E-state index >= 15 is 0 Å². The van der Waals surface area contributed by atoms with E-state index in [1.807, 2.05) is 13.0 Å². The molecule has 1 aliphatic carbocycles. The molecule has 1 amide bonds. The Labute approximate surface area is 155 Å². The lowest BCUT2D eigenvalue weighted by Gasteiger charge is -2.27. The number of carbonyl (C=O) groups excluding carboxylic acids is 1. The monoisotopic (exact) mass is 352 g/mol. The Morgan fingerprint density at radius 3 is 2.69 bits per heavy atom. The summed E-state index contributed by atoms with van der Waals surface area (Å²) < 4.78 is 0. The normalized spacial score (nSPS) is 19.7. The lowest BCUT2D eigenvalue weighted by molar-refractivity contribution is -0.126. The molecule has 2 N–H and O–H groups in total. The van der Waals surface area contributed by atoms with Crippen LogP contribution in [0.3, 0.4) is 0 Å². The Kier molecular flexibility index (Phi) is 5.07. The zero-order chi connectivity index (χ0) is 17.9. The maximum absolute atomic E-state index is 12.6. The molecule has 1 aliphatic heterocycles. The number of nitrogens with one attached hydrogen (secondary N) is 2. The van der Waals surface area contributed by atoms with Gasteiger partial charge in [-0.3, -0.25) is 14.8 Å². The highest BCUT2D eigenvalue weighted by atomic mass is 16.2. The SMILES string of the molecule is CC(C(=O)NC1CCCC1)N1CCc2[nH]nc(-c3ccccc3)c2CC1. The molecule has 1 aromatic heterocycles. The summed E-state index contributed by atoms with van der Waals surface area (Å²) in [6.45, 7) is 3.83. The number of aromatic nitrogens is 2. The van der Waals surface area contributed by atoms with Gasteiger partial charge in [0.15, 0.2) is 0 Å².